The second-order valence-corrected chi connectivity index (χ2v) is 24.3. The van der Waals surface area contributed by atoms with Crippen LogP contribution in [0.4, 0.5) is 0 Å². The molecule has 0 aliphatic carbocycles. The van der Waals surface area contributed by atoms with Crippen molar-refractivity contribution in [1.29, 1.82) is 0 Å². The van der Waals surface area contributed by atoms with Crippen LogP contribution in [0.1, 0.15) is 11.8 Å². The minimum Gasteiger partial charge on any atom is -0.415 e. The summed E-state index contributed by atoms with van der Waals surface area (Å²) in [5.41, 5.74) is -0.474. The molecule has 1 aliphatic rings. The van der Waals surface area contributed by atoms with Crippen LogP contribution in [0, 0.1) is 6.92 Å². The van der Waals surface area contributed by atoms with Gasteiger partial charge in [-0.3, -0.25) is 14.3 Å². The van der Waals surface area contributed by atoms with Crippen LogP contribution in [-0.2, 0) is 18.0 Å². The van der Waals surface area contributed by atoms with Crippen molar-refractivity contribution in [2.24, 2.45) is 0 Å². The Hall–Kier alpha value is -0.829. The van der Waals surface area contributed by atoms with E-state index in [-0.39, 0.29) is 12.2 Å². The molecule has 11 heteroatoms. The Balaban J connectivity index is 2.51. The van der Waals surface area contributed by atoms with E-state index in [0.29, 0.717) is 12.2 Å². The predicted octanol–water partition coefficient (Wildman–Crippen LogP) is 3.03. The Morgan fingerprint density at radius 1 is 0.933 bits per heavy atom. The van der Waals surface area contributed by atoms with Gasteiger partial charge in [0.05, 0.1) is 6.61 Å². The molecule has 0 aromatic carbocycles. The molecule has 0 bridgehead atoms. The van der Waals surface area contributed by atoms with Crippen LogP contribution < -0.4 is 11.2 Å². The van der Waals surface area contributed by atoms with Crippen LogP contribution in [0.25, 0.3) is 0 Å². The maximum atomic E-state index is 12.6. The fraction of sp³-hybridized carbons (Fsp3) is 0.789. The monoisotopic (exact) mass is 474 g/mol. The molecule has 1 aromatic heterocycles. The van der Waals surface area contributed by atoms with Crippen molar-refractivity contribution in [3.05, 3.63) is 32.6 Å². The van der Waals surface area contributed by atoms with Gasteiger partial charge in [-0.15, -0.1) is 0 Å². The Kier molecular flexibility index (Phi) is 7.60. The summed E-state index contributed by atoms with van der Waals surface area (Å²) in [6, 6.07) is 0. The number of hydrogen-bond donors (Lipinski definition) is 1. The van der Waals surface area contributed by atoms with Crippen molar-refractivity contribution in [3.8, 4) is 0 Å². The smallest absolute Gasteiger partial charge is 0.330 e. The summed E-state index contributed by atoms with van der Waals surface area (Å²) in [7, 11) is -5.75. The van der Waals surface area contributed by atoms with Gasteiger partial charge >= 0.3 is 5.69 Å². The summed E-state index contributed by atoms with van der Waals surface area (Å²) in [4.78, 5) is 26.9. The van der Waals surface area contributed by atoms with Crippen molar-refractivity contribution < 1.29 is 18.0 Å². The lowest BCUT2D eigenvalue weighted by Gasteiger charge is -2.34. The van der Waals surface area contributed by atoms with Gasteiger partial charge in [0.1, 0.15) is 18.3 Å². The summed E-state index contributed by atoms with van der Waals surface area (Å²) in [5.74, 6) is 0. The van der Waals surface area contributed by atoms with Gasteiger partial charge in [0.25, 0.3) is 5.56 Å². The fourth-order valence-electron chi connectivity index (χ4n) is 3.26. The first-order valence-electron chi connectivity index (χ1n) is 10.4. The Morgan fingerprint density at radius 2 is 1.47 bits per heavy atom. The molecule has 2 rings (SSSR count). The molecule has 1 aromatic rings. The van der Waals surface area contributed by atoms with E-state index in [1.54, 1.807) is 13.1 Å². The average molecular weight is 475 g/mol. The number of aromatic nitrogens is 2. The highest BCUT2D eigenvalue weighted by Gasteiger charge is 2.50. The average Bonchev–Trinajstić information content (AvgIpc) is 2.82. The number of H-pyrrole nitrogens is 1. The van der Waals surface area contributed by atoms with Crippen LogP contribution in [-0.4, -0.2) is 59.4 Å². The van der Waals surface area contributed by atoms with Crippen molar-refractivity contribution >= 4 is 25.0 Å². The second-order valence-electron chi connectivity index (χ2n) is 10.9. The van der Waals surface area contributed by atoms with Crippen LogP contribution in [0.5, 0.6) is 0 Å². The van der Waals surface area contributed by atoms with E-state index in [1.165, 1.54) is 4.57 Å². The van der Waals surface area contributed by atoms with Crippen LogP contribution in [0.3, 0.4) is 0 Å². The largest absolute Gasteiger partial charge is 0.415 e. The van der Waals surface area contributed by atoms with E-state index < -0.39 is 48.5 Å². The van der Waals surface area contributed by atoms with Crippen molar-refractivity contribution in [2.75, 3.05) is 6.61 Å². The highest BCUT2D eigenvalue weighted by molar-refractivity contribution is 6.70. The topological polar surface area (TPSA) is 91.8 Å². The Morgan fingerprint density at radius 3 is 1.97 bits per heavy atom. The van der Waals surface area contributed by atoms with Gasteiger partial charge in [-0.25, -0.2) is 4.79 Å². The highest BCUT2D eigenvalue weighted by Crippen LogP contribution is 2.36. The van der Waals surface area contributed by atoms with E-state index in [4.69, 9.17) is 18.0 Å². The molecule has 1 fully saturated rings. The highest BCUT2D eigenvalue weighted by atomic mass is 28.4. The molecular formula is C19H38N2O6Si3. The third-order valence-corrected chi connectivity index (χ3v) is 7.36. The third kappa shape index (κ3) is 7.11. The summed E-state index contributed by atoms with van der Waals surface area (Å²) in [5, 5.41) is 0. The number of aryl methyl sites for hydroxylation is 1. The SMILES string of the molecule is Cc1cn(C2O[C@@H](CO[Si](C)(C)C)[C@H](O[Si](C)(C)C)[C@@H]2O[Si](C)(C)C)c(=O)[nH]c1=O. The minimum absolute atomic E-state index is 0.358. The molecule has 0 radical (unpaired) electrons. The van der Waals surface area contributed by atoms with Crippen molar-refractivity contribution in [2.45, 2.75) is 90.4 Å². The minimum atomic E-state index is -2.01. The number of ether oxygens (including phenoxy) is 1. The summed E-state index contributed by atoms with van der Waals surface area (Å²) in [6.07, 6.45) is -0.351. The molecule has 1 unspecified atom stereocenters. The molecule has 1 N–H and O–H groups in total. The van der Waals surface area contributed by atoms with Gasteiger partial charge in [0, 0.05) is 11.8 Å². The van der Waals surface area contributed by atoms with Crippen LogP contribution in [0.2, 0.25) is 58.9 Å². The lowest BCUT2D eigenvalue weighted by molar-refractivity contribution is -0.0497. The quantitative estimate of drug-likeness (QED) is 0.582. The summed E-state index contributed by atoms with van der Waals surface area (Å²) < 4.78 is 27.0. The van der Waals surface area contributed by atoms with Crippen molar-refractivity contribution in [1.82, 2.24) is 9.55 Å². The normalized spacial score (nSPS) is 25.7. The summed E-state index contributed by atoms with van der Waals surface area (Å²) >= 11 is 0. The zero-order chi connectivity index (χ0) is 23.1. The molecule has 0 amide bonds. The first-order chi connectivity index (χ1) is 13.5. The number of rotatable bonds is 8. The van der Waals surface area contributed by atoms with Gasteiger partial charge in [0.2, 0.25) is 0 Å². The number of aromatic amines is 1. The number of nitrogens with one attached hydrogen (secondary N) is 1. The van der Waals surface area contributed by atoms with Gasteiger partial charge in [0.15, 0.2) is 31.2 Å². The van der Waals surface area contributed by atoms with Crippen LogP contribution in [0.15, 0.2) is 15.8 Å². The van der Waals surface area contributed by atoms with E-state index in [0.717, 1.165) is 0 Å². The first kappa shape index (κ1) is 25.4. The molecule has 0 saturated carbocycles. The zero-order valence-electron chi connectivity index (χ0n) is 20.0. The maximum absolute atomic E-state index is 12.6. The molecular weight excluding hydrogens is 436 g/mol. The Bertz CT molecular complexity index is 850. The molecule has 30 heavy (non-hydrogen) atoms. The van der Waals surface area contributed by atoms with E-state index in [2.05, 4.69) is 63.9 Å². The van der Waals surface area contributed by atoms with Gasteiger partial charge < -0.3 is 18.0 Å². The molecule has 2 heterocycles. The third-order valence-electron chi connectivity index (χ3n) is 4.37. The molecule has 8 nitrogen and oxygen atoms in total. The standard InChI is InChI=1S/C19H38N2O6Si3/c1-13-11-21(19(23)20-17(13)22)18-16(27-30(8,9)10)15(26-29(5,6)7)14(25-18)12-24-28(2,3)4/h11,14-16,18H,12H2,1-10H3,(H,20,22,23)/t14-,15-,16-,18?/m0/s1. The summed E-state index contributed by atoms with van der Waals surface area (Å²) in [6.45, 7) is 21.1. The fourth-order valence-corrected chi connectivity index (χ4v) is 6.09. The zero-order valence-corrected chi connectivity index (χ0v) is 23.0. The molecule has 172 valence electrons. The van der Waals surface area contributed by atoms with Crippen LogP contribution >= 0.6 is 0 Å². The number of hydrogen-bond acceptors (Lipinski definition) is 6. The molecule has 1 aliphatic heterocycles. The van der Waals surface area contributed by atoms with Gasteiger partial charge in [-0.2, -0.15) is 0 Å². The molecule has 0 spiro atoms. The van der Waals surface area contributed by atoms with E-state index in [9.17, 15) is 9.59 Å². The maximum Gasteiger partial charge on any atom is 0.330 e. The van der Waals surface area contributed by atoms with Gasteiger partial charge in [-0.05, 0) is 65.8 Å². The van der Waals surface area contributed by atoms with E-state index in [1.807, 2.05) is 0 Å². The first-order valence-corrected chi connectivity index (χ1v) is 20.7. The lowest BCUT2D eigenvalue weighted by Crippen LogP contribution is -2.49. The predicted molar refractivity (Wildman–Crippen MR) is 126 cm³/mol. The van der Waals surface area contributed by atoms with Crippen molar-refractivity contribution in [3.63, 3.8) is 0 Å². The second kappa shape index (κ2) is 8.96. The van der Waals surface area contributed by atoms with E-state index >= 15 is 0 Å². The molecule has 4 atom stereocenters. The van der Waals surface area contributed by atoms with Gasteiger partial charge in [-0.1, -0.05) is 0 Å². The lowest BCUT2D eigenvalue weighted by atomic mass is 10.1. The molecule has 1 saturated heterocycles. The Labute approximate surface area is 182 Å². The number of nitrogens with zero attached hydrogens (tertiary/aromatic N) is 1.